The average Bonchev–Trinajstić information content (AvgIpc) is 3.17. The summed E-state index contributed by atoms with van der Waals surface area (Å²) in [7, 11) is 0. The van der Waals surface area contributed by atoms with Gasteiger partial charge >= 0.3 is 0 Å². The molecule has 5 rings (SSSR count). The van der Waals surface area contributed by atoms with Gasteiger partial charge in [-0.3, -0.25) is 0 Å². The van der Waals surface area contributed by atoms with E-state index in [-0.39, 0.29) is 5.60 Å². The SMILES string of the molecule is C[C@H]1CC[C@@]2(C)C(=CC[C@H]3[C@@H]4CC[C@H]([C@]5(C)CO5)[C@@]4(C)CC[C@@H]32)C1. The van der Waals surface area contributed by atoms with E-state index in [2.05, 4.69) is 33.8 Å². The minimum Gasteiger partial charge on any atom is -0.370 e. The molecule has 4 aliphatic carbocycles. The summed E-state index contributed by atoms with van der Waals surface area (Å²) in [6.07, 6.45) is 14.2. The van der Waals surface area contributed by atoms with Crippen molar-refractivity contribution in [3.8, 4) is 0 Å². The Bertz CT molecular complexity index is 573. The third-order valence-corrected chi connectivity index (χ3v) is 9.69. The highest BCUT2D eigenvalue weighted by Crippen LogP contribution is 2.69. The van der Waals surface area contributed by atoms with Crippen LogP contribution in [0.25, 0.3) is 0 Å². The van der Waals surface area contributed by atoms with Gasteiger partial charge in [0.05, 0.1) is 12.2 Å². The van der Waals surface area contributed by atoms with Crippen LogP contribution >= 0.6 is 0 Å². The van der Waals surface area contributed by atoms with Crippen LogP contribution in [0.2, 0.25) is 0 Å². The summed E-state index contributed by atoms with van der Waals surface area (Å²) in [5.41, 5.74) is 3.17. The number of ether oxygens (including phenoxy) is 1. The highest BCUT2D eigenvalue weighted by Gasteiger charge is 2.64. The van der Waals surface area contributed by atoms with E-state index >= 15 is 0 Å². The predicted octanol–water partition coefficient (Wildman–Crippen LogP) is 5.99. The fraction of sp³-hybridized carbons (Fsp3) is 0.913. The van der Waals surface area contributed by atoms with Gasteiger partial charge in [-0.1, -0.05) is 32.4 Å². The summed E-state index contributed by atoms with van der Waals surface area (Å²) in [6, 6.07) is 0. The molecule has 1 nitrogen and oxygen atoms in total. The second kappa shape index (κ2) is 4.90. The highest BCUT2D eigenvalue weighted by atomic mass is 16.6. The zero-order chi connectivity index (χ0) is 16.7. The van der Waals surface area contributed by atoms with Crippen molar-refractivity contribution in [1.29, 1.82) is 0 Å². The van der Waals surface area contributed by atoms with Crippen molar-refractivity contribution in [1.82, 2.24) is 0 Å². The van der Waals surface area contributed by atoms with Crippen LogP contribution in [0.5, 0.6) is 0 Å². The van der Waals surface area contributed by atoms with Gasteiger partial charge in [0.15, 0.2) is 0 Å². The van der Waals surface area contributed by atoms with Crippen molar-refractivity contribution in [3.63, 3.8) is 0 Å². The van der Waals surface area contributed by atoms with Crippen LogP contribution in [0.15, 0.2) is 11.6 Å². The van der Waals surface area contributed by atoms with E-state index in [0.717, 1.165) is 36.2 Å². The highest BCUT2D eigenvalue weighted by molar-refractivity contribution is 5.25. The molecule has 1 aliphatic heterocycles. The number of allylic oxidation sites excluding steroid dienone is 2. The Kier molecular flexibility index (Phi) is 3.25. The molecule has 0 N–H and O–H groups in total. The Morgan fingerprint density at radius 2 is 1.79 bits per heavy atom. The first-order valence-corrected chi connectivity index (χ1v) is 10.7. The van der Waals surface area contributed by atoms with E-state index in [1.54, 1.807) is 0 Å². The molecule has 0 bridgehead atoms. The van der Waals surface area contributed by atoms with Crippen molar-refractivity contribution in [2.75, 3.05) is 6.61 Å². The molecule has 0 unspecified atom stereocenters. The maximum Gasteiger partial charge on any atom is 0.0921 e. The molecule has 4 fully saturated rings. The van der Waals surface area contributed by atoms with Crippen LogP contribution in [0, 0.1) is 40.4 Å². The standard InChI is InChI=1S/C23H36O/c1-15-9-11-21(2)16(13-15)5-6-17-18-7-8-20(23(4)14-24-23)22(18,3)12-10-19(17)21/h5,15,17-20H,6-14H2,1-4H3/t15-,17-,18-,19-,20-,21-,22-,23-/m0/s1. The molecule has 1 heteroatoms. The molecule has 0 spiro atoms. The molecule has 0 amide bonds. The van der Waals surface area contributed by atoms with Gasteiger partial charge in [-0.2, -0.15) is 0 Å². The van der Waals surface area contributed by atoms with E-state index < -0.39 is 0 Å². The molecular formula is C23H36O. The largest absolute Gasteiger partial charge is 0.370 e. The third kappa shape index (κ3) is 1.97. The smallest absolute Gasteiger partial charge is 0.0921 e. The van der Waals surface area contributed by atoms with Gasteiger partial charge in [0.2, 0.25) is 0 Å². The van der Waals surface area contributed by atoms with Crippen LogP contribution < -0.4 is 0 Å². The molecule has 0 radical (unpaired) electrons. The summed E-state index contributed by atoms with van der Waals surface area (Å²) < 4.78 is 5.94. The number of epoxide rings is 1. The second-order valence-electron chi connectivity index (χ2n) is 10.9. The van der Waals surface area contributed by atoms with Crippen molar-refractivity contribution >= 4 is 0 Å². The van der Waals surface area contributed by atoms with Crippen LogP contribution in [-0.4, -0.2) is 12.2 Å². The molecule has 0 aromatic heterocycles. The lowest BCUT2D eigenvalue weighted by Gasteiger charge is -2.58. The minimum atomic E-state index is 0.232. The van der Waals surface area contributed by atoms with E-state index in [0.29, 0.717) is 10.8 Å². The average molecular weight is 329 g/mol. The van der Waals surface area contributed by atoms with Crippen molar-refractivity contribution in [3.05, 3.63) is 11.6 Å². The molecule has 24 heavy (non-hydrogen) atoms. The Hall–Kier alpha value is -0.300. The van der Waals surface area contributed by atoms with E-state index in [4.69, 9.17) is 4.74 Å². The van der Waals surface area contributed by atoms with Gasteiger partial charge in [-0.25, -0.2) is 0 Å². The van der Waals surface area contributed by atoms with Crippen molar-refractivity contribution in [2.24, 2.45) is 40.4 Å². The lowest BCUT2D eigenvalue weighted by molar-refractivity contribution is -0.0548. The van der Waals surface area contributed by atoms with Crippen LogP contribution in [0.3, 0.4) is 0 Å². The summed E-state index contributed by atoms with van der Waals surface area (Å²) in [5.74, 6) is 4.61. The minimum absolute atomic E-state index is 0.232. The number of hydrogen-bond donors (Lipinski definition) is 0. The second-order valence-corrected chi connectivity index (χ2v) is 10.9. The first kappa shape index (κ1) is 15.9. The van der Waals surface area contributed by atoms with Gasteiger partial charge in [-0.05, 0) is 98.7 Å². The molecule has 0 aromatic carbocycles. The number of rotatable bonds is 1. The Balaban J connectivity index is 1.47. The van der Waals surface area contributed by atoms with E-state index in [1.807, 2.05) is 5.57 Å². The summed E-state index contributed by atoms with van der Waals surface area (Å²) in [4.78, 5) is 0. The molecule has 134 valence electrons. The van der Waals surface area contributed by atoms with Crippen molar-refractivity contribution < 1.29 is 4.74 Å². The van der Waals surface area contributed by atoms with Crippen molar-refractivity contribution in [2.45, 2.75) is 84.7 Å². The maximum absolute atomic E-state index is 5.94. The molecule has 3 saturated carbocycles. The van der Waals surface area contributed by atoms with Crippen LogP contribution in [-0.2, 0) is 4.74 Å². The molecule has 8 atom stereocenters. The lowest BCUT2D eigenvalue weighted by atomic mass is 9.46. The first-order chi connectivity index (χ1) is 11.4. The fourth-order valence-corrected chi connectivity index (χ4v) is 8.16. The maximum atomic E-state index is 5.94. The normalized spacial score (nSPS) is 59.2. The molecule has 1 heterocycles. The van der Waals surface area contributed by atoms with Crippen LogP contribution in [0.4, 0.5) is 0 Å². The zero-order valence-corrected chi connectivity index (χ0v) is 16.2. The van der Waals surface area contributed by atoms with E-state index in [9.17, 15) is 0 Å². The lowest BCUT2D eigenvalue weighted by Crippen LogP contribution is -2.51. The summed E-state index contributed by atoms with van der Waals surface area (Å²) in [6.45, 7) is 11.2. The Labute approximate surface area is 148 Å². The molecular weight excluding hydrogens is 292 g/mol. The summed E-state index contributed by atoms with van der Waals surface area (Å²) in [5, 5.41) is 0. The third-order valence-electron chi connectivity index (χ3n) is 9.69. The van der Waals surface area contributed by atoms with Gasteiger partial charge in [0.1, 0.15) is 0 Å². The topological polar surface area (TPSA) is 12.5 Å². The summed E-state index contributed by atoms with van der Waals surface area (Å²) >= 11 is 0. The Morgan fingerprint density at radius 3 is 2.54 bits per heavy atom. The Morgan fingerprint density at radius 1 is 1.00 bits per heavy atom. The fourth-order valence-electron chi connectivity index (χ4n) is 8.16. The molecule has 1 saturated heterocycles. The number of hydrogen-bond acceptors (Lipinski definition) is 1. The van der Waals surface area contributed by atoms with Crippen LogP contribution in [0.1, 0.15) is 79.1 Å². The number of fused-ring (bicyclic) bond motifs is 5. The predicted molar refractivity (Wildman–Crippen MR) is 98.7 cm³/mol. The molecule has 0 aromatic rings. The monoisotopic (exact) mass is 328 g/mol. The van der Waals surface area contributed by atoms with E-state index in [1.165, 1.54) is 51.4 Å². The van der Waals surface area contributed by atoms with Gasteiger partial charge < -0.3 is 4.74 Å². The first-order valence-electron chi connectivity index (χ1n) is 10.7. The molecule has 5 aliphatic rings. The zero-order valence-electron chi connectivity index (χ0n) is 16.2. The van der Waals surface area contributed by atoms with Gasteiger partial charge in [0, 0.05) is 0 Å². The van der Waals surface area contributed by atoms with Gasteiger partial charge in [-0.15, -0.1) is 0 Å². The van der Waals surface area contributed by atoms with Gasteiger partial charge in [0.25, 0.3) is 0 Å². The quantitative estimate of drug-likeness (QED) is 0.425.